The highest BCUT2D eigenvalue weighted by Gasteiger charge is 2.40. The molecule has 27 heavy (non-hydrogen) atoms. The fourth-order valence-corrected chi connectivity index (χ4v) is 5.46. The molecule has 1 saturated carbocycles. The van der Waals surface area contributed by atoms with Gasteiger partial charge < -0.3 is 9.64 Å². The van der Waals surface area contributed by atoms with Crippen molar-refractivity contribution in [2.45, 2.75) is 84.1 Å². The Bertz CT molecular complexity index is 741. The van der Waals surface area contributed by atoms with Gasteiger partial charge in [-0.05, 0) is 71.2 Å². The number of hydrogen-bond acceptors (Lipinski definition) is 4. The third kappa shape index (κ3) is 4.86. The molecular formula is C22H31N3OS. The Morgan fingerprint density at radius 2 is 2.00 bits per heavy atom. The van der Waals surface area contributed by atoms with Crippen molar-refractivity contribution in [1.29, 1.82) is 5.26 Å². The Kier molecular flexibility index (Phi) is 6.18. The maximum absolute atomic E-state index is 9.10. The van der Waals surface area contributed by atoms with Gasteiger partial charge in [0.1, 0.15) is 0 Å². The monoisotopic (exact) mass is 385 g/mol. The molecule has 2 aliphatic rings. The zero-order valence-corrected chi connectivity index (χ0v) is 18.0. The van der Waals surface area contributed by atoms with Crippen molar-refractivity contribution in [2.24, 2.45) is 4.99 Å². The quantitative estimate of drug-likeness (QED) is 0.694. The minimum Gasteiger partial charge on any atom is -0.371 e. The van der Waals surface area contributed by atoms with Crippen molar-refractivity contribution in [3.05, 3.63) is 29.3 Å². The molecule has 3 rings (SSSR count). The van der Waals surface area contributed by atoms with Gasteiger partial charge in [-0.3, -0.25) is 0 Å². The third-order valence-corrected chi connectivity index (χ3v) is 6.37. The SMILES string of the molecule is Cc1cc(C#N)ccc1N=C1SCC(C(C)OC(C)(C)C)N1C1CCCC1. The molecule has 5 heteroatoms. The van der Waals surface area contributed by atoms with E-state index in [9.17, 15) is 0 Å². The van der Waals surface area contributed by atoms with E-state index < -0.39 is 0 Å². The molecule has 0 amide bonds. The summed E-state index contributed by atoms with van der Waals surface area (Å²) in [6, 6.07) is 8.87. The summed E-state index contributed by atoms with van der Waals surface area (Å²) < 4.78 is 6.32. The number of rotatable bonds is 4. The van der Waals surface area contributed by atoms with E-state index in [4.69, 9.17) is 15.0 Å². The molecule has 0 bridgehead atoms. The third-order valence-electron chi connectivity index (χ3n) is 5.30. The van der Waals surface area contributed by atoms with E-state index in [0.717, 1.165) is 22.2 Å². The zero-order chi connectivity index (χ0) is 19.6. The Morgan fingerprint density at radius 3 is 2.59 bits per heavy atom. The summed E-state index contributed by atoms with van der Waals surface area (Å²) in [6.45, 7) is 10.6. The Morgan fingerprint density at radius 1 is 1.30 bits per heavy atom. The van der Waals surface area contributed by atoms with Crippen LogP contribution in [0.15, 0.2) is 23.2 Å². The van der Waals surface area contributed by atoms with Gasteiger partial charge in [0.15, 0.2) is 5.17 Å². The molecule has 0 aromatic heterocycles. The van der Waals surface area contributed by atoms with Crippen LogP contribution >= 0.6 is 11.8 Å². The second-order valence-corrected chi connectivity index (χ2v) is 9.65. The molecular weight excluding hydrogens is 354 g/mol. The van der Waals surface area contributed by atoms with Crippen LogP contribution in [0.1, 0.15) is 64.5 Å². The summed E-state index contributed by atoms with van der Waals surface area (Å²) in [5.41, 5.74) is 2.56. The van der Waals surface area contributed by atoms with Crippen LogP contribution in [0.3, 0.4) is 0 Å². The average molecular weight is 386 g/mol. The standard InChI is InChI=1S/C22H31N3OS/c1-15-12-17(13-23)10-11-19(15)24-21-25(18-8-6-7-9-18)20(14-27-21)16(2)26-22(3,4)5/h10-12,16,18,20H,6-9,14H2,1-5H3. The summed E-state index contributed by atoms with van der Waals surface area (Å²) in [5, 5.41) is 10.2. The van der Waals surface area contributed by atoms with Crippen molar-refractivity contribution in [2.75, 3.05) is 5.75 Å². The van der Waals surface area contributed by atoms with Crippen molar-refractivity contribution < 1.29 is 4.74 Å². The van der Waals surface area contributed by atoms with Crippen LogP contribution in [-0.2, 0) is 4.74 Å². The van der Waals surface area contributed by atoms with Gasteiger partial charge in [-0.15, -0.1) is 0 Å². The predicted octanol–water partition coefficient (Wildman–Crippen LogP) is 5.42. The molecule has 0 spiro atoms. The molecule has 1 aromatic carbocycles. The minimum atomic E-state index is -0.144. The molecule has 2 unspecified atom stereocenters. The molecule has 1 aromatic rings. The fourth-order valence-electron chi connectivity index (χ4n) is 4.11. The lowest BCUT2D eigenvalue weighted by molar-refractivity contribution is -0.0763. The summed E-state index contributed by atoms with van der Waals surface area (Å²) in [6.07, 6.45) is 5.25. The lowest BCUT2D eigenvalue weighted by atomic mass is 10.1. The van der Waals surface area contributed by atoms with Gasteiger partial charge in [-0.25, -0.2) is 4.99 Å². The molecule has 146 valence electrons. The smallest absolute Gasteiger partial charge is 0.165 e. The van der Waals surface area contributed by atoms with Crippen molar-refractivity contribution in [3.8, 4) is 6.07 Å². The number of aryl methyl sites for hydroxylation is 1. The van der Waals surface area contributed by atoms with Crippen molar-refractivity contribution in [3.63, 3.8) is 0 Å². The molecule has 2 fully saturated rings. The first-order valence-electron chi connectivity index (χ1n) is 9.97. The van der Waals surface area contributed by atoms with Crippen LogP contribution in [0.5, 0.6) is 0 Å². The first-order chi connectivity index (χ1) is 12.8. The Balaban J connectivity index is 1.89. The summed E-state index contributed by atoms with van der Waals surface area (Å²) in [7, 11) is 0. The van der Waals surface area contributed by atoms with Gasteiger partial charge in [0.25, 0.3) is 0 Å². The number of aliphatic imine (C=N–C) groups is 1. The number of nitrogens with zero attached hydrogens (tertiary/aromatic N) is 3. The van der Waals surface area contributed by atoms with Crippen LogP contribution in [-0.4, -0.2) is 39.6 Å². The van der Waals surface area contributed by atoms with Crippen LogP contribution in [0.2, 0.25) is 0 Å². The topological polar surface area (TPSA) is 48.6 Å². The highest BCUT2D eigenvalue weighted by molar-refractivity contribution is 8.14. The molecule has 1 saturated heterocycles. The van der Waals surface area contributed by atoms with E-state index in [1.807, 2.05) is 36.9 Å². The largest absolute Gasteiger partial charge is 0.371 e. The van der Waals surface area contributed by atoms with Gasteiger partial charge in [0.05, 0.1) is 35.1 Å². The Labute approximate surface area is 168 Å². The first-order valence-corrected chi connectivity index (χ1v) is 11.0. The maximum atomic E-state index is 9.10. The summed E-state index contributed by atoms with van der Waals surface area (Å²) in [5.74, 6) is 1.02. The van der Waals surface area contributed by atoms with E-state index >= 15 is 0 Å². The van der Waals surface area contributed by atoms with E-state index in [2.05, 4.69) is 38.7 Å². The highest BCUT2D eigenvalue weighted by Crippen LogP contribution is 2.37. The van der Waals surface area contributed by atoms with Gasteiger partial charge in [0, 0.05) is 11.8 Å². The molecule has 1 heterocycles. The molecule has 1 aliphatic heterocycles. The first kappa shape index (κ1) is 20.2. The maximum Gasteiger partial charge on any atom is 0.165 e. The second-order valence-electron chi connectivity index (χ2n) is 8.67. The van der Waals surface area contributed by atoms with Crippen molar-refractivity contribution in [1.82, 2.24) is 4.90 Å². The zero-order valence-electron chi connectivity index (χ0n) is 17.2. The summed E-state index contributed by atoms with van der Waals surface area (Å²) >= 11 is 1.84. The molecule has 4 nitrogen and oxygen atoms in total. The van der Waals surface area contributed by atoms with Gasteiger partial charge in [0.2, 0.25) is 0 Å². The van der Waals surface area contributed by atoms with Crippen LogP contribution in [0.25, 0.3) is 0 Å². The molecule has 2 atom stereocenters. The van der Waals surface area contributed by atoms with Gasteiger partial charge in [-0.1, -0.05) is 24.6 Å². The van der Waals surface area contributed by atoms with E-state index in [1.165, 1.54) is 25.7 Å². The van der Waals surface area contributed by atoms with Gasteiger partial charge >= 0.3 is 0 Å². The summed E-state index contributed by atoms with van der Waals surface area (Å²) in [4.78, 5) is 7.58. The Hall–Kier alpha value is -1.51. The second kappa shape index (κ2) is 8.24. The number of nitriles is 1. The molecule has 1 aliphatic carbocycles. The van der Waals surface area contributed by atoms with Crippen LogP contribution in [0, 0.1) is 18.3 Å². The lowest BCUT2D eigenvalue weighted by Gasteiger charge is -2.37. The highest BCUT2D eigenvalue weighted by atomic mass is 32.2. The van der Waals surface area contributed by atoms with E-state index in [-0.39, 0.29) is 11.7 Å². The number of benzene rings is 1. The normalized spacial score (nSPS) is 23.8. The predicted molar refractivity (Wildman–Crippen MR) is 114 cm³/mol. The van der Waals surface area contributed by atoms with Crippen LogP contribution in [0.4, 0.5) is 5.69 Å². The van der Waals surface area contributed by atoms with E-state index in [0.29, 0.717) is 17.6 Å². The number of hydrogen-bond donors (Lipinski definition) is 0. The lowest BCUT2D eigenvalue weighted by Crippen LogP contribution is -2.48. The number of ether oxygens (including phenoxy) is 1. The van der Waals surface area contributed by atoms with Crippen LogP contribution < -0.4 is 0 Å². The molecule has 0 radical (unpaired) electrons. The molecule has 0 N–H and O–H groups in total. The minimum absolute atomic E-state index is 0.144. The number of thioether (sulfide) groups is 1. The fraction of sp³-hybridized carbons (Fsp3) is 0.636. The van der Waals surface area contributed by atoms with Crippen molar-refractivity contribution >= 4 is 22.6 Å². The number of amidine groups is 1. The van der Waals surface area contributed by atoms with Gasteiger partial charge in [-0.2, -0.15) is 5.26 Å². The van der Waals surface area contributed by atoms with E-state index in [1.54, 1.807) is 0 Å². The average Bonchev–Trinajstić information content (AvgIpc) is 3.24.